The first-order valence-electron chi connectivity index (χ1n) is 9.81. The summed E-state index contributed by atoms with van der Waals surface area (Å²) in [6, 6.07) is 12.0. The second kappa shape index (κ2) is 9.42. The van der Waals surface area contributed by atoms with Crippen molar-refractivity contribution in [3.63, 3.8) is 0 Å². The molecule has 0 fully saturated rings. The molecule has 1 heterocycles. The molecule has 2 N–H and O–H groups in total. The highest BCUT2D eigenvalue weighted by atomic mass is 16.5. The minimum Gasteiger partial charge on any atom is -0.497 e. The van der Waals surface area contributed by atoms with Crippen LogP contribution >= 0.6 is 0 Å². The van der Waals surface area contributed by atoms with Gasteiger partial charge < -0.3 is 29.4 Å². The molecule has 0 spiro atoms. The molecule has 0 aliphatic carbocycles. The van der Waals surface area contributed by atoms with E-state index in [1.807, 2.05) is 30.3 Å². The second-order valence-corrected chi connectivity index (χ2v) is 7.11. The summed E-state index contributed by atoms with van der Waals surface area (Å²) in [6.45, 7) is 2.00. The lowest BCUT2D eigenvalue weighted by molar-refractivity contribution is -0.122. The Labute approximate surface area is 181 Å². The Morgan fingerprint density at radius 3 is 2.26 bits per heavy atom. The molecule has 0 saturated carbocycles. The Hall–Kier alpha value is -3.68. The van der Waals surface area contributed by atoms with E-state index >= 15 is 0 Å². The van der Waals surface area contributed by atoms with Crippen LogP contribution < -0.4 is 24.8 Å². The number of rotatable bonds is 8. The topological polar surface area (TPSA) is 90.8 Å². The fraction of sp³-hybridized carbons (Fsp3) is 0.304. The number of ether oxygens (including phenoxy) is 3. The number of methoxy groups -OCH3 is 3. The molecule has 8 nitrogen and oxygen atoms in total. The van der Waals surface area contributed by atoms with E-state index in [0.717, 1.165) is 22.2 Å². The number of nitrogens with zero attached hydrogens (tertiary/aromatic N) is 1. The van der Waals surface area contributed by atoms with Gasteiger partial charge in [0, 0.05) is 31.1 Å². The third kappa shape index (κ3) is 4.74. The van der Waals surface area contributed by atoms with Crippen molar-refractivity contribution in [2.45, 2.75) is 19.5 Å². The van der Waals surface area contributed by atoms with Gasteiger partial charge in [-0.2, -0.15) is 0 Å². The van der Waals surface area contributed by atoms with E-state index in [1.54, 1.807) is 52.0 Å². The van der Waals surface area contributed by atoms with Gasteiger partial charge in [-0.05, 0) is 30.7 Å². The van der Waals surface area contributed by atoms with Gasteiger partial charge in [0.2, 0.25) is 5.91 Å². The Kier molecular flexibility index (Phi) is 6.69. The van der Waals surface area contributed by atoms with Gasteiger partial charge in [-0.25, -0.2) is 0 Å². The molecule has 0 bridgehead atoms. The van der Waals surface area contributed by atoms with Gasteiger partial charge in [-0.1, -0.05) is 12.1 Å². The van der Waals surface area contributed by atoms with E-state index in [4.69, 9.17) is 14.2 Å². The Morgan fingerprint density at radius 1 is 0.968 bits per heavy atom. The Balaban J connectivity index is 1.69. The van der Waals surface area contributed by atoms with Crippen molar-refractivity contribution in [2.75, 3.05) is 21.3 Å². The molecule has 0 saturated heterocycles. The number of carbonyl (C=O) groups excluding carboxylic acids is 2. The molecule has 2 aromatic carbocycles. The standard InChI is InChI=1S/C23H27N3O5/c1-14(22(27)24-13-15-6-8-16(29-3)9-7-15)25-23(28)20-12-18-19(26(20)2)10-17(30-4)11-21(18)31-5/h6-12,14H,13H2,1-5H3,(H,24,27)(H,25,28)/t14-/m1/s1. The zero-order chi connectivity index (χ0) is 22.5. The monoisotopic (exact) mass is 425 g/mol. The maximum atomic E-state index is 12.9. The zero-order valence-corrected chi connectivity index (χ0v) is 18.3. The maximum Gasteiger partial charge on any atom is 0.268 e. The van der Waals surface area contributed by atoms with Crippen LogP contribution in [0.5, 0.6) is 17.2 Å². The molecule has 0 radical (unpaired) electrons. The first-order valence-corrected chi connectivity index (χ1v) is 9.81. The predicted octanol–water partition coefficient (Wildman–Crippen LogP) is 2.64. The molecule has 2 amide bonds. The lowest BCUT2D eigenvalue weighted by Gasteiger charge is -2.15. The van der Waals surface area contributed by atoms with Crippen LogP contribution in [0.1, 0.15) is 23.0 Å². The van der Waals surface area contributed by atoms with Crippen molar-refractivity contribution >= 4 is 22.7 Å². The highest BCUT2D eigenvalue weighted by Gasteiger charge is 2.21. The van der Waals surface area contributed by atoms with E-state index < -0.39 is 6.04 Å². The fourth-order valence-electron chi connectivity index (χ4n) is 3.30. The second-order valence-electron chi connectivity index (χ2n) is 7.11. The van der Waals surface area contributed by atoms with Crippen molar-refractivity contribution in [1.29, 1.82) is 0 Å². The molecule has 1 atom stereocenters. The molecule has 0 aliphatic heterocycles. The number of amides is 2. The summed E-state index contributed by atoms with van der Waals surface area (Å²) >= 11 is 0. The summed E-state index contributed by atoms with van der Waals surface area (Å²) in [7, 11) is 6.52. The minimum absolute atomic E-state index is 0.276. The van der Waals surface area contributed by atoms with E-state index in [9.17, 15) is 9.59 Å². The van der Waals surface area contributed by atoms with Gasteiger partial charge in [-0.3, -0.25) is 9.59 Å². The number of hydrogen-bond acceptors (Lipinski definition) is 5. The van der Waals surface area contributed by atoms with Gasteiger partial charge in [-0.15, -0.1) is 0 Å². The fourth-order valence-corrected chi connectivity index (χ4v) is 3.30. The van der Waals surface area contributed by atoms with E-state index in [2.05, 4.69) is 10.6 Å². The summed E-state index contributed by atoms with van der Waals surface area (Å²) in [5.41, 5.74) is 2.14. The molecule has 31 heavy (non-hydrogen) atoms. The highest BCUT2D eigenvalue weighted by molar-refractivity contribution is 6.02. The summed E-state index contributed by atoms with van der Waals surface area (Å²) in [5.74, 6) is 1.35. The van der Waals surface area contributed by atoms with Crippen molar-refractivity contribution < 1.29 is 23.8 Å². The summed E-state index contributed by atoms with van der Waals surface area (Å²) in [4.78, 5) is 25.3. The third-order valence-electron chi connectivity index (χ3n) is 5.15. The largest absolute Gasteiger partial charge is 0.497 e. The van der Waals surface area contributed by atoms with E-state index in [1.165, 1.54) is 0 Å². The van der Waals surface area contributed by atoms with Crippen molar-refractivity contribution in [2.24, 2.45) is 7.05 Å². The predicted molar refractivity (Wildman–Crippen MR) is 118 cm³/mol. The molecule has 0 aliphatic rings. The molecule has 3 aromatic rings. The number of carbonyl (C=O) groups is 2. The van der Waals surface area contributed by atoms with Crippen molar-refractivity contribution in [3.8, 4) is 17.2 Å². The van der Waals surface area contributed by atoms with Gasteiger partial charge in [0.15, 0.2) is 0 Å². The SMILES string of the molecule is COc1ccc(CNC(=O)[C@@H](C)NC(=O)c2cc3c(OC)cc(OC)cc3n2C)cc1. The minimum atomic E-state index is -0.708. The number of fused-ring (bicyclic) bond motifs is 1. The number of nitrogens with one attached hydrogen (secondary N) is 2. The van der Waals surface area contributed by atoms with Gasteiger partial charge in [0.05, 0.1) is 26.8 Å². The first kappa shape index (κ1) is 22.0. The Bertz CT molecular complexity index is 1090. The zero-order valence-electron chi connectivity index (χ0n) is 18.3. The summed E-state index contributed by atoms with van der Waals surface area (Å²) in [5, 5.41) is 6.37. The molecule has 3 rings (SSSR count). The number of benzene rings is 2. The van der Waals surface area contributed by atoms with Gasteiger partial charge in [0.1, 0.15) is 29.0 Å². The van der Waals surface area contributed by atoms with Crippen LogP contribution in [0.25, 0.3) is 10.9 Å². The van der Waals surface area contributed by atoms with Crippen LogP contribution in [-0.4, -0.2) is 43.8 Å². The molecular weight excluding hydrogens is 398 g/mol. The van der Waals surface area contributed by atoms with Crippen LogP contribution in [-0.2, 0) is 18.4 Å². The maximum absolute atomic E-state index is 12.9. The molecule has 1 aromatic heterocycles. The lowest BCUT2D eigenvalue weighted by Crippen LogP contribution is -2.44. The summed E-state index contributed by atoms with van der Waals surface area (Å²) < 4.78 is 17.6. The van der Waals surface area contributed by atoms with Gasteiger partial charge in [0.25, 0.3) is 5.91 Å². The smallest absolute Gasteiger partial charge is 0.268 e. The Morgan fingerprint density at radius 2 is 1.65 bits per heavy atom. The number of aryl methyl sites for hydroxylation is 1. The normalized spacial score (nSPS) is 11.6. The quantitative estimate of drug-likeness (QED) is 0.579. The third-order valence-corrected chi connectivity index (χ3v) is 5.15. The lowest BCUT2D eigenvalue weighted by atomic mass is 10.2. The van der Waals surface area contributed by atoms with Crippen molar-refractivity contribution in [3.05, 3.63) is 53.7 Å². The van der Waals surface area contributed by atoms with Crippen LogP contribution in [0.3, 0.4) is 0 Å². The number of aromatic nitrogens is 1. The van der Waals surface area contributed by atoms with Crippen LogP contribution in [0.2, 0.25) is 0 Å². The average Bonchev–Trinajstić information content (AvgIpc) is 3.13. The molecule has 8 heteroatoms. The van der Waals surface area contributed by atoms with Crippen molar-refractivity contribution in [1.82, 2.24) is 15.2 Å². The summed E-state index contributed by atoms with van der Waals surface area (Å²) in [6.07, 6.45) is 0. The van der Waals surface area contributed by atoms with Crippen LogP contribution in [0.15, 0.2) is 42.5 Å². The van der Waals surface area contributed by atoms with Crippen LogP contribution in [0, 0.1) is 0 Å². The first-order chi connectivity index (χ1) is 14.9. The van der Waals surface area contributed by atoms with E-state index in [0.29, 0.717) is 23.7 Å². The van der Waals surface area contributed by atoms with Gasteiger partial charge >= 0.3 is 0 Å². The van der Waals surface area contributed by atoms with Crippen LogP contribution in [0.4, 0.5) is 0 Å². The molecule has 164 valence electrons. The average molecular weight is 425 g/mol. The van der Waals surface area contributed by atoms with E-state index in [-0.39, 0.29) is 11.8 Å². The molecule has 0 unspecified atom stereocenters. The molecular formula is C23H27N3O5. The number of hydrogen-bond donors (Lipinski definition) is 2. The highest BCUT2D eigenvalue weighted by Crippen LogP contribution is 2.33.